The second-order valence-corrected chi connectivity index (χ2v) is 11.7. The van der Waals surface area contributed by atoms with Gasteiger partial charge in [-0.1, -0.05) is 6.07 Å². The molecule has 2 aromatic heterocycles. The summed E-state index contributed by atoms with van der Waals surface area (Å²) in [6.07, 6.45) is 7.14. The van der Waals surface area contributed by atoms with Crippen molar-refractivity contribution < 1.29 is 18.3 Å². The fraction of sp³-hybridized carbons (Fsp3) is 0.417. The van der Waals surface area contributed by atoms with Gasteiger partial charge in [0.2, 0.25) is 0 Å². The van der Waals surface area contributed by atoms with Crippen LogP contribution in [0.1, 0.15) is 36.8 Å². The lowest BCUT2D eigenvalue weighted by atomic mass is 9.89. The van der Waals surface area contributed by atoms with Gasteiger partial charge < -0.3 is 24.9 Å². The Morgan fingerprint density at radius 1 is 1.21 bits per heavy atom. The zero-order valence-corrected chi connectivity index (χ0v) is 20.0. The Kier molecular flexibility index (Phi) is 5.43. The summed E-state index contributed by atoms with van der Waals surface area (Å²) >= 11 is 0. The van der Waals surface area contributed by atoms with Gasteiger partial charge in [-0.05, 0) is 48.9 Å². The molecule has 0 bridgehead atoms. The third-order valence-electron chi connectivity index (χ3n) is 6.98. The summed E-state index contributed by atoms with van der Waals surface area (Å²) in [6.45, 7) is 0.611. The van der Waals surface area contributed by atoms with Gasteiger partial charge in [0.05, 0.1) is 5.75 Å². The lowest BCUT2D eigenvalue weighted by molar-refractivity contribution is 0.184. The third-order valence-corrected chi connectivity index (χ3v) is 7.84. The van der Waals surface area contributed by atoms with Crippen LogP contribution in [0.15, 0.2) is 35.4 Å². The molecule has 1 saturated carbocycles. The number of benzene rings is 1. The molecular formula is C24H28N4O5S. The van der Waals surface area contributed by atoms with E-state index in [2.05, 4.69) is 15.2 Å². The van der Waals surface area contributed by atoms with Gasteiger partial charge in [0, 0.05) is 66.5 Å². The SMILES string of the molecule is Cn1cc2c3c(c[nH]c3c1=O)CN([C@H]1CC[C@@H](NC(=O)O)CC1)c1ccc(CS(C)(=O)=O)cc1-2. The number of hydrogen-bond acceptors (Lipinski definition) is 5. The van der Waals surface area contributed by atoms with Gasteiger partial charge in [0.25, 0.3) is 5.56 Å². The number of H-pyrrole nitrogens is 1. The van der Waals surface area contributed by atoms with Crippen molar-refractivity contribution in [2.75, 3.05) is 11.2 Å². The molecule has 34 heavy (non-hydrogen) atoms. The zero-order chi connectivity index (χ0) is 24.2. The Morgan fingerprint density at radius 2 is 1.94 bits per heavy atom. The van der Waals surface area contributed by atoms with Crippen molar-refractivity contribution in [1.82, 2.24) is 14.9 Å². The lowest BCUT2D eigenvalue weighted by Crippen LogP contribution is -2.43. The van der Waals surface area contributed by atoms with E-state index < -0.39 is 15.9 Å². The van der Waals surface area contributed by atoms with Crippen molar-refractivity contribution in [1.29, 1.82) is 0 Å². The number of aryl methyl sites for hydroxylation is 1. The number of aromatic nitrogens is 2. The Balaban J connectivity index is 1.63. The zero-order valence-electron chi connectivity index (χ0n) is 19.2. The number of aromatic amines is 1. The predicted octanol–water partition coefficient (Wildman–Crippen LogP) is 2.98. The van der Waals surface area contributed by atoms with E-state index >= 15 is 0 Å². The van der Waals surface area contributed by atoms with Crippen LogP contribution < -0.4 is 15.8 Å². The summed E-state index contributed by atoms with van der Waals surface area (Å²) < 4.78 is 25.5. The number of sulfone groups is 1. The van der Waals surface area contributed by atoms with E-state index in [4.69, 9.17) is 5.11 Å². The minimum absolute atomic E-state index is 0.0458. The molecular weight excluding hydrogens is 456 g/mol. The van der Waals surface area contributed by atoms with E-state index in [-0.39, 0.29) is 23.4 Å². The van der Waals surface area contributed by atoms with Crippen LogP contribution in [0.2, 0.25) is 0 Å². The van der Waals surface area contributed by atoms with Gasteiger partial charge >= 0.3 is 6.09 Å². The quantitative estimate of drug-likeness (QED) is 0.523. The Morgan fingerprint density at radius 3 is 2.62 bits per heavy atom. The van der Waals surface area contributed by atoms with Gasteiger partial charge in [-0.25, -0.2) is 13.2 Å². The Hall–Kier alpha value is -3.27. The van der Waals surface area contributed by atoms with Gasteiger partial charge in [-0.2, -0.15) is 0 Å². The van der Waals surface area contributed by atoms with E-state index in [1.165, 1.54) is 6.26 Å². The molecule has 0 radical (unpaired) electrons. The third kappa shape index (κ3) is 4.06. The first-order valence-corrected chi connectivity index (χ1v) is 13.4. The highest BCUT2D eigenvalue weighted by atomic mass is 32.2. The molecule has 3 aromatic rings. The number of rotatable bonds is 4. The molecule has 0 unspecified atom stereocenters. The Labute approximate surface area is 197 Å². The van der Waals surface area contributed by atoms with Crippen molar-refractivity contribution in [2.45, 2.75) is 50.1 Å². The summed E-state index contributed by atoms with van der Waals surface area (Å²) in [7, 11) is -1.49. The first kappa shape index (κ1) is 22.5. The molecule has 1 aromatic carbocycles. The topological polar surface area (TPSA) is 124 Å². The second kappa shape index (κ2) is 8.19. The number of fused-ring (bicyclic) bond motifs is 2. The standard InChI is InChI=1S/C24H28N4O5S/c1-27-12-19-18-9-14(13-34(2,32)33)3-8-20(18)28(11-15-10-25-22(21(15)19)23(27)29)17-6-4-16(5-7-17)26-24(30)31/h3,8-10,12,16-17,25-26H,4-7,11,13H2,1-2H3,(H,30,31)/t16-,17+. The summed E-state index contributed by atoms with van der Waals surface area (Å²) in [4.78, 5) is 29.4. The molecule has 10 heteroatoms. The second-order valence-electron chi connectivity index (χ2n) is 9.53. The molecule has 1 fully saturated rings. The molecule has 2 aliphatic rings. The largest absolute Gasteiger partial charge is 0.465 e. The highest BCUT2D eigenvalue weighted by Crippen LogP contribution is 2.43. The number of carboxylic acid groups (broad SMARTS) is 1. The van der Waals surface area contributed by atoms with Crippen molar-refractivity contribution in [2.24, 2.45) is 7.05 Å². The van der Waals surface area contributed by atoms with Crippen LogP contribution in [0.4, 0.5) is 10.5 Å². The number of amides is 1. The van der Waals surface area contributed by atoms with E-state index in [9.17, 15) is 18.0 Å². The smallest absolute Gasteiger partial charge is 0.404 e. The summed E-state index contributed by atoms with van der Waals surface area (Å²) in [5.74, 6) is -0.0544. The summed E-state index contributed by atoms with van der Waals surface area (Å²) in [5, 5.41) is 12.5. The van der Waals surface area contributed by atoms with Gasteiger partial charge in [0.1, 0.15) is 5.52 Å². The monoisotopic (exact) mass is 484 g/mol. The number of anilines is 1. The average molecular weight is 485 g/mol. The number of pyridine rings is 1. The van der Waals surface area contributed by atoms with Crippen molar-refractivity contribution in [3.05, 3.63) is 52.1 Å². The Bertz CT molecular complexity index is 1450. The highest BCUT2D eigenvalue weighted by Gasteiger charge is 2.32. The predicted molar refractivity (Wildman–Crippen MR) is 131 cm³/mol. The normalized spacial score (nSPS) is 20.1. The maximum atomic E-state index is 12.8. The van der Waals surface area contributed by atoms with E-state index in [0.29, 0.717) is 17.6 Å². The molecule has 1 amide bonds. The molecule has 5 rings (SSSR count). The maximum absolute atomic E-state index is 12.8. The summed E-state index contributed by atoms with van der Waals surface area (Å²) in [6, 6.07) is 5.94. The molecule has 3 N–H and O–H groups in total. The number of hydrogen-bond donors (Lipinski definition) is 3. The maximum Gasteiger partial charge on any atom is 0.404 e. The molecule has 9 nitrogen and oxygen atoms in total. The average Bonchev–Trinajstić information content (AvgIpc) is 3.12. The highest BCUT2D eigenvalue weighted by molar-refractivity contribution is 7.89. The van der Waals surface area contributed by atoms with Crippen LogP contribution in [-0.2, 0) is 29.2 Å². The number of carbonyl (C=O) groups is 1. The van der Waals surface area contributed by atoms with E-state index in [1.54, 1.807) is 11.6 Å². The van der Waals surface area contributed by atoms with Crippen LogP contribution in [0.5, 0.6) is 0 Å². The fourth-order valence-electron chi connectivity index (χ4n) is 5.51. The minimum atomic E-state index is -3.21. The van der Waals surface area contributed by atoms with Crippen LogP contribution >= 0.6 is 0 Å². The van der Waals surface area contributed by atoms with Crippen molar-refractivity contribution in [3.8, 4) is 11.1 Å². The van der Waals surface area contributed by atoms with Crippen LogP contribution in [0.3, 0.4) is 0 Å². The molecule has 0 atom stereocenters. The van der Waals surface area contributed by atoms with Gasteiger partial charge in [-0.15, -0.1) is 0 Å². The molecule has 1 aliphatic carbocycles. The molecule has 3 heterocycles. The van der Waals surface area contributed by atoms with Gasteiger partial charge in [-0.3, -0.25) is 4.79 Å². The number of nitrogens with zero attached hydrogens (tertiary/aromatic N) is 2. The van der Waals surface area contributed by atoms with Gasteiger partial charge in [0.15, 0.2) is 9.84 Å². The fourth-order valence-corrected chi connectivity index (χ4v) is 6.29. The molecule has 180 valence electrons. The number of nitrogens with one attached hydrogen (secondary N) is 2. The minimum Gasteiger partial charge on any atom is -0.465 e. The van der Waals surface area contributed by atoms with Crippen LogP contribution in [0.25, 0.3) is 22.0 Å². The first-order valence-electron chi connectivity index (χ1n) is 11.4. The molecule has 1 aliphatic heterocycles. The molecule has 0 spiro atoms. The van der Waals surface area contributed by atoms with E-state index in [0.717, 1.165) is 53.4 Å². The van der Waals surface area contributed by atoms with Crippen LogP contribution in [0, 0.1) is 0 Å². The van der Waals surface area contributed by atoms with E-state index in [1.807, 2.05) is 30.6 Å². The molecule has 0 saturated heterocycles. The summed E-state index contributed by atoms with van der Waals surface area (Å²) in [5.41, 5.74) is 4.99. The van der Waals surface area contributed by atoms with Crippen molar-refractivity contribution in [3.63, 3.8) is 0 Å². The van der Waals surface area contributed by atoms with Crippen LogP contribution in [-0.4, -0.2) is 47.5 Å². The van der Waals surface area contributed by atoms with Crippen molar-refractivity contribution >= 4 is 32.5 Å². The lowest BCUT2D eigenvalue weighted by Gasteiger charge is -2.38. The first-order chi connectivity index (χ1) is 16.1.